The van der Waals surface area contributed by atoms with Gasteiger partial charge in [0, 0.05) is 31.9 Å². The summed E-state index contributed by atoms with van der Waals surface area (Å²) in [5, 5.41) is 16.6. The Balaban J connectivity index is 1.43. The molecule has 4 rings (SSSR count). The molecule has 1 fully saturated rings. The van der Waals surface area contributed by atoms with Crippen LogP contribution in [-0.2, 0) is 20.1 Å². The summed E-state index contributed by atoms with van der Waals surface area (Å²) in [7, 11) is 1.99. The molecule has 0 aromatic carbocycles. The van der Waals surface area contributed by atoms with Gasteiger partial charge < -0.3 is 14.8 Å². The first-order valence-electron chi connectivity index (χ1n) is 8.80. The van der Waals surface area contributed by atoms with Gasteiger partial charge in [-0.1, -0.05) is 5.16 Å². The summed E-state index contributed by atoms with van der Waals surface area (Å²) in [6.07, 6.45) is 5.72. The number of primary amides is 1. The van der Waals surface area contributed by atoms with E-state index in [1.165, 1.54) is 0 Å². The van der Waals surface area contributed by atoms with Gasteiger partial charge in [0.25, 0.3) is 11.7 Å². The third kappa shape index (κ3) is 3.72. The molecule has 0 radical (unpaired) electrons. The normalized spacial score (nSPS) is 18.0. The van der Waals surface area contributed by atoms with Crippen LogP contribution in [0, 0.1) is 0 Å². The van der Waals surface area contributed by atoms with Crippen molar-refractivity contribution in [2.24, 2.45) is 12.8 Å². The zero-order valence-electron chi connectivity index (χ0n) is 15.0. The van der Waals surface area contributed by atoms with E-state index in [1.54, 1.807) is 6.20 Å². The first kappa shape index (κ1) is 17.3. The van der Waals surface area contributed by atoms with Gasteiger partial charge in [0.2, 0.25) is 5.89 Å². The number of likely N-dealkylation sites (tertiary alicyclic amines) is 1. The molecule has 27 heavy (non-hydrogen) atoms. The van der Waals surface area contributed by atoms with Gasteiger partial charge in [0.1, 0.15) is 12.4 Å². The lowest BCUT2D eigenvalue weighted by Gasteiger charge is -2.31. The number of aromatic nitrogens is 7. The molecule has 1 aliphatic heterocycles. The molecule has 142 valence electrons. The maximum Gasteiger partial charge on any atom is 0.290 e. The maximum atomic E-state index is 11.1. The van der Waals surface area contributed by atoms with Crippen LogP contribution in [0.25, 0.3) is 0 Å². The van der Waals surface area contributed by atoms with Crippen molar-refractivity contribution in [3.8, 4) is 0 Å². The molecule has 3 aromatic heterocycles. The Hall–Kier alpha value is -3.08. The van der Waals surface area contributed by atoms with Gasteiger partial charge in [0.15, 0.2) is 5.82 Å². The zero-order valence-corrected chi connectivity index (χ0v) is 15.0. The van der Waals surface area contributed by atoms with Gasteiger partial charge in [-0.15, -0.1) is 10.2 Å². The molecule has 0 saturated carbocycles. The van der Waals surface area contributed by atoms with Crippen molar-refractivity contribution in [2.45, 2.75) is 31.8 Å². The summed E-state index contributed by atoms with van der Waals surface area (Å²) in [6, 6.07) is 1.89. The van der Waals surface area contributed by atoms with Gasteiger partial charge in [-0.25, -0.2) is 0 Å². The summed E-state index contributed by atoms with van der Waals surface area (Å²) in [5.74, 6) is 1.71. The molecule has 1 aliphatic rings. The van der Waals surface area contributed by atoms with Gasteiger partial charge in [-0.2, -0.15) is 10.1 Å². The van der Waals surface area contributed by atoms with Crippen molar-refractivity contribution in [2.75, 3.05) is 13.1 Å². The maximum absolute atomic E-state index is 11.1. The van der Waals surface area contributed by atoms with Gasteiger partial charge in [-0.05, 0) is 25.5 Å². The standard InChI is InChI=1S/C16H21N9O2/c1-23-12(9-25-7-3-5-18-25)20-21-16(23)11-4-2-6-24(8-11)10-13-19-15(14(17)26)22-27-13/h3,5,7,11H,2,4,6,8-10H2,1H3,(H2,17,26). The van der Waals surface area contributed by atoms with E-state index in [0.717, 1.165) is 37.6 Å². The summed E-state index contributed by atoms with van der Waals surface area (Å²) >= 11 is 0. The summed E-state index contributed by atoms with van der Waals surface area (Å²) in [5.41, 5.74) is 5.16. The number of carbonyl (C=O) groups excluding carboxylic acids is 1. The summed E-state index contributed by atoms with van der Waals surface area (Å²) in [6.45, 7) is 2.80. The number of rotatable bonds is 6. The Kier molecular flexibility index (Phi) is 4.67. The largest absolute Gasteiger partial charge is 0.363 e. The average molecular weight is 371 g/mol. The van der Waals surface area contributed by atoms with Crippen LogP contribution in [-0.4, -0.2) is 58.6 Å². The zero-order chi connectivity index (χ0) is 18.8. The summed E-state index contributed by atoms with van der Waals surface area (Å²) in [4.78, 5) is 17.3. The molecule has 1 saturated heterocycles. The van der Waals surface area contributed by atoms with E-state index in [4.69, 9.17) is 10.3 Å². The number of piperidine rings is 1. The molecule has 1 atom stereocenters. The van der Waals surface area contributed by atoms with Crippen LogP contribution < -0.4 is 5.73 Å². The highest BCUT2D eigenvalue weighted by molar-refractivity contribution is 5.88. The van der Waals surface area contributed by atoms with E-state index in [1.807, 2.05) is 28.6 Å². The van der Waals surface area contributed by atoms with Gasteiger partial charge in [-0.3, -0.25) is 14.4 Å². The lowest BCUT2D eigenvalue weighted by molar-refractivity contribution is 0.0987. The molecule has 2 N–H and O–H groups in total. The van der Waals surface area contributed by atoms with Crippen LogP contribution in [0.2, 0.25) is 0 Å². The first-order chi connectivity index (χ1) is 13.1. The van der Waals surface area contributed by atoms with Crippen LogP contribution in [0.3, 0.4) is 0 Å². The fourth-order valence-corrected chi connectivity index (χ4v) is 3.43. The highest BCUT2D eigenvalue weighted by atomic mass is 16.5. The molecule has 4 heterocycles. The van der Waals surface area contributed by atoms with E-state index < -0.39 is 5.91 Å². The Morgan fingerprint density at radius 1 is 1.37 bits per heavy atom. The van der Waals surface area contributed by atoms with Crippen molar-refractivity contribution in [1.82, 2.24) is 39.6 Å². The fraction of sp³-hybridized carbons (Fsp3) is 0.500. The minimum absolute atomic E-state index is 0.0878. The van der Waals surface area contributed by atoms with Gasteiger partial charge in [0.05, 0.1) is 6.54 Å². The number of amides is 1. The van der Waals surface area contributed by atoms with Gasteiger partial charge >= 0.3 is 0 Å². The summed E-state index contributed by atoms with van der Waals surface area (Å²) < 4.78 is 8.99. The van der Waals surface area contributed by atoms with Crippen LogP contribution >= 0.6 is 0 Å². The molecule has 11 heteroatoms. The number of hydrogen-bond donors (Lipinski definition) is 1. The van der Waals surface area contributed by atoms with E-state index in [9.17, 15) is 4.79 Å². The lowest BCUT2D eigenvalue weighted by atomic mass is 9.97. The van der Waals surface area contributed by atoms with Crippen molar-refractivity contribution >= 4 is 5.91 Å². The topological polar surface area (TPSA) is 134 Å². The Bertz CT molecular complexity index is 914. The van der Waals surface area contributed by atoms with E-state index in [2.05, 4.69) is 30.3 Å². The lowest BCUT2D eigenvalue weighted by Crippen LogP contribution is -2.35. The van der Waals surface area contributed by atoms with Crippen LogP contribution in [0.5, 0.6) is 0 Å². The second-order valence-electron chi connectivity index (χ2n) is 6.69. The second kappa shape index (κ2) is 7.27. The van der Waals surface area contributed by atoms with Crippen LogP contribution in [0.15, 0.2) is 23.0 Å². The predicted octanol–water partition coefficient (Wildman–Crippen LogP) is -0.0786. The van der Waals surface area contributed by atoms with Crippen LogP contribution in [0.1, 0.15) is 46.9 Å². The minimum Gasteiger partial charge on any atom is -0.363 e. The highest BCUT2D eigenvalue weighted by Crippen LogP contribution is 2.26. The Labute approximate surface area is 155 Å². The van der Waals surface area contributed by atoms with Crippen molar-refractivity contribution in [3.05, 3.63) is 41.8 Å². The van der Waals surface area contributed by atoms with E-state index >= 15 is 0 Å². The van der Waals surface area contributed by atoms with Crippen LogP contribution in [0.4, 0.5) is 0 Å². The molecule has 11 nitrogen and oxygen atoms in total. The SMILES string of the molecule is Cn1c(Cn2cccn2)nnc1C1CCCN(Cc2nc(C(N)=O)no2)C1. The second-order valence-corrected chi connectivity index (χ2v) is 6.69. The third-order valence-corrected chi connectivity index (χ3v) is 4.78. The number of hydrogen-bond acceptors (Lipinski definition) is 8. The monoisotopic (exact) mass is 371 g/mol. The first-order valence-corrected chi connectivity index (χ1v) is 8.80. The molecule has 0 bridgehead atoms. The van der Waals surface area contributed by atoms with E-state index in [0.29, 0.717) is 19.0 Å². The molecule has 3 aromatic rings. The Morgan fingerprint density at radius 3 is 3.00 bits per heavy atom. The molecular weight excluding hydrogens is 350 g/mol. The average Bonchev–Trinajstić information content (AvgIpc) is 3.39. The van der Waals surface area contributed by atoms with Crippen molar-refractivity contribution in [1.29, 1.82) is 0 Å². The molecule has 0 spiro atoms. The fourth-order valence-electron chi connectivity index (χ4n) is 3.43. The van der Waals surface area contributed by atoms with Crippen molar-refractivity contribution in [3.63, 3.8) is 0 Å². The number of nitrogens with zero attached hydrogens (tertiary/aromatic N) is 8. The minimum atomic E-state index is -0.690. The molecular formula is C16H21N9O2. The smallest absolute Gasteiger partial charge is 0.290 e. The Morgan fingerprint density at radius 2 is 2.26 bits per heavy atom. The molecule has 1 amide bonds. The third-order valence-electron chi connectivity index (χ3n) is 4.78. The number of carbonyl (C=O) groups is 1. The molecule has 1 unspecified atom stereocenters. The quantitative estimate of drug-likeness (QED) is 0.636. The van der Waals surface area contributed by atoms with E-state index in [-0.39, 0.29) is 11.7 Å². The molecule has 0 aliphatic carbocycles. The predicted molar refractivity (Wildman–Crippen MR) is 92.4 cm³/mol. The highest BCUT2D eigenvalue weighted by Gasteiger charge is 2.27. The number of nitrogens with two attached hydrogens (primary N) is 1. The van der Waals surface area contributed by atoms with Crippen molar-refractivity contribution < 1.29 is 9.32 Å².